The second kappa shape index (κ2) is 7.00. The highest BCUT2D eigenvalue weighted by Gasteiger charge is 2.24. The van der Waals surface area contributed by atoms with Crippen molar-refractivity contribution >= 4 is 22.9 Å². The van der Waals surface area contributed by atoms with Crippen LogP contribution in [0.2, 0.25) is 0 Å². The number of amides is 1. The Labute approximate surface area is 139 Å². The maximum Gasteiger partial charge on any atom is 0.305 e. The zero-order valence-electron chi connectivity index (χ0n) is 13.6. The number of aryl methyl sites for hydroxylation is 1. The summed E-state index contributed by atoms with van der Waals surface area (Å²) in [6, 6.07) is 5.37. The number of carbonyl (C=O) groups excluding carboxylic acids is 1. The second-order valence-corrected chi connectivity index (χ2v) is 6.09. The van der Waals surface area contributed by atoms with Gasteiger partial charge in [0.05, 0.1) is 29.9 Å². The quantitative estimate of drug-likeness (QED) is 0.870. The lowest BCUT2D eigenvalue weighted by atomic mass is 10.1. The molecular formula is C17H21N3O4. The van der Waals surface area contributed by atoms with Crippen LogP contribution in [0.3, 0.4) is 0 Å². The predicted molar refractivity (Wildman–Crippen MR) is 87.8 cm³/mol. The minimum absolute atomic E-state index is 0.0127. The lowest BCUT2D eigenvalue weighted by Gasteiger charge is -2.25. The Bertz CT molecular complexity index is 749. The van der Waals surface area contributed by atoms with E-state index in [2.05, 4.69) is 4.98 Å². The minimum atomic E-state index is -0.916. The van der Waals surface area contributed by atoms with Crippen molar-refractivity contribution in [1.29, 1.82) is 0 Å². The Morgan fingerprint density at radius 3 is 3.00 bits per heavy atom. The molecular weight excluding hydrogens is 310 g/mol. The Kier molecular flexibility index (Phi) is 4.80. The highest BCUT2D eigenvalue weighted by molar-refractivity contribution is 5.97. The van der Waals surface area contributed by atoms with E-state index in [0.717, 1.165) is 23.9 Å². The van der Waals surface area contributed by atoms with Crippen LogP contribution in [0.1, 0.15) is 29.6 Å². The maximum absolute atomic E-state index is 12.8. The van der Waals surface area contributed by atoms with E-state index in [1.807, 2.05) is 17.7 Å². The molecule has 1 aliphatic rings. The maximum atomic E-state index is 12.8. The van der Waals surface area contributed by atoms with Crippen LogP contribution in [0.4, 0.5) is 0 Å². The van der Waals surface area contributed by atoms with Crippen LogP contribution in [0.5, 0.6) is 0 Å². The number of nitrogens with zero attached hydrogens (tertiary/aromatic N) is 3. The molecule has 1 fully saturated rings. The number of ether oxygens (including phenoxy) is 1. The van der Waals surface area contributed by atoms with Gasteiger partial charge in [-0.1, -0.05) is 0 Å². The number of aromatic nitrogens is 2. The van der Waals surface area contributed by atoms with Crippen molar-refractivity contribution in [3.05, 3.63) is 30.1 Å². The topological polar surface area (TPSA) is 84.7 Å². The molecule has 3 rings (SSSR count). The molecule has 1 aromatic heterocycles. The second-order valence-electron chi connectivity index (χ2n) is 6.09. The number of fused-ring (bicyclic) bond motifs is 1. The first-order valence-corrected chi connectivity index (χ1v) is 8.08. The molecule has 7 heteroatoms. The molecule has 0 radical (unpaired) electrons. The van der Waals surface area contributed by atoms with Crippen molar-refractivity contribution in [3.8, 4) is 0 Å². The minimum Gasteiger partial charge on any atom is -0.481 e. The zero-order chi connectivity index (χ0) is 17.1. The van der Waals surface area contributed by atoms with Gasteiger partial charge < -0.3 is 19.3 Å². The lowest BCUT2D eigenvalue weighted by Crippen LogP contribution is -2.38. The Morgan fingerprint density at radius 2 is 2.29 bits per heavy atom. The molecule has 24 heavy (non-hydrogen) atoms. The third-order valence-electron chi connectivity index (χ3n) is 4.30. The third-order valence-corrected chi connectivity index (χ3v) is 4.30. The predicted octanol–water partition coefficient (Wildman–Crippen LogP) is 1.67. The molecule has 1 amide bonds. The Balaban J connectivity index is 1.80. The molecule has 7 nitrogen and oxygen atoms in total. The van der Waals surface area contributed by atoms with Gasteiger partial charge in [0.15, 0.2) is 0 Å². The first kappa shape index (κ1) is 16.4. The zero-order valence-corrected chi connectivity index (χ0v) is 13.6. The van der Waals surface area contributed by atoms with E-state index in [1.54, 1.807) is 23.4 Å². The summed E-state index contributed by atoms with van der Waals surface area (Å²) < 4.78 is 7.48. The van der Waals surface area contributed by atoms with Crippen LogP contribution < -0.4 is 0 Å². The molecule has 2 heterocycles. The Hall–Kier alpha value is -2.41. The molecule has 1 aromatic carbocycles. The average molecular weight is 331 g/mol. The summed E-state index contributed by atoms with van der Waals surface area (Å²) in [5, 5.41) is 8.94. The van der Waals surface area contributed by atoms with E-state index in [0.29, 0.717) is 18.7 Å². The van der Waals surface area contributed by atoms with Gasteiger partial charge in [-0.3, -0.25) is 9.59 Å². The molecule has 1 aliphatic heterocycles. The van der Waals surface area contributed by atoms with Crippen LogP contribution in [0, 0.1) is 0 Å². The van der Waals surface area contributed by atoms with E-state index in [9.17, 15) is 9.59 Å². The van der Waals surface area contributed by atoms with E-state index in [4.69, 9.17) is 9.84 Å². The molecule has 1 unspecified atom stereocenters. The summed E-state index contributed by atoms with van der Waals surface area (Å²) in [7, 11) is 1.90. The fraction of sp³-hybridized carbons (Fsp3) is 0.471. The van der Waals surface area contributed by atoms with Gasteiger partial charge in [0, 0.05) is 32.3 Å². The molecule has 1 N–H and O–H groups in total. The first-order chi connectivity index (χ1) is 11.5. The smallest absolute Gasteiger partial charge is 0.305 e. The number of aliphatic carboxylic acids is 1. The number of carboxylic acids is 1. The summed E-state index contributed by atoms with van der Waals surface area (Å²) >= 11 is 0. The summed E-state index contributed by atoms with van der Waals surface area (Å²) in [6.07, 6.45) is 3.49. The van der Waals surface area contributed by atoms with E-state index < -0.39 is 5.97 Å². The van der Waals surface area contributed by atoms with E-state index in [1.165, 1.54) is 0 Å². The van der Waals surface area contributed by atoms with E-state index >= 15 is 0 Å². The van der Waals surface area contributed by atoms with Crippen molar-refractivity contribution in [3.63, 3.8) is 0 Å². The van der Waals surface area contributed by atoms with Crippen molar-refractivity contribution < 1.29 is 19.4 Å². The van der Waals surface area contributed by atoms with Crippen molar-refractivity contribution in [1.82, 2.24) is 14.5 Å². The summed E-state index contributed by atoms with van der Waals surface area (Å²) in [5.41, 5.74) is 2.21. The number of rotatable bonds is 6. The number of hydrogen-bond donors (Lipinski definition) is 1. The van der Waals surface area contributed by atoms with Gasteiger partial charge in [-0.15, -0.1) is 0 Å². The van der Waals surface area contributed by atoms with Crippen molar-refractivity contribution in [2.45, 2.75) is 25.4 Å². The van der Waals surface area contributed by atoms with Gasteiger partial charge in [0.25, 0.3) is 5.91 Å². The molecule has 0 aliphatic carbocycles. The fourth-order valence-electron chi connectivity index (χ4n) is 2.99. The monoisotopic (exact) mass is 331 g/mol. The van der Waals surface area contributed by atoms with Crippen LogP contribution >= 0.6 is 0 Å². The number of imidazole rings is 1. The highest BCUT2D eigenvalue weighted by Crippen LogP contribution is 2.18. The normalized spacial score (nSPS) is 17.3. The first-order valence-electron chi connectivity index (χ1n) is 8.08. The van der Waals surface area contributed by atoms with Crippen LogP contribution in [0.25, 0.3) is 11.0 Å². The molecule has 128 valence electrons. The molecule has 1 atom stereocenters. The average Bonchev–Trinajstić information content (AvgIpc) is 3.20. The molecule has 0 saturated carbocycles. The number of benzene rings is 1. The summed E-state index contributed by atoms with van der Waals surface area (Å²) in [6.45, 7) is 1.30. The summed E-state index contributed by atoms with van der Waals surface area (Å²) in [5.74, 6) is -1.10. The standard InChI is InChI=1S/C17H21N3O4/c1-19-11-18-14-9-12(4-5-15(14)19)17(23)20(7-6-16(21)22)10-13-3-2-8-24-13/h4-5,9,11,13H,2-3,6-8,10H2,1H3,(H,21,22). The highest BCUT2D eigenvalue weighted by atomic mass is 16.5. The van der Waals surface area contributed by atoms with Crippen molar-refractivity contribution in [2.24, 2.45) is 7.05 Å². The SMILES string of the molecule is Cn1cnc2cc(C(=O)N(CCC(=O)O)CC3CCCO3)ccc21. The fourth-order valence-corrected chi connectivity index (χ4v) is 2.99. The van der Waals surface area contributed by atoms with Gasteiger partial charge >= 0.3 is 5.97 Å². The lowest BCUT2D eigenvalue weighted by molar-refractivity contribution is -0.137. The van der Waals surface area contributed by atoms with Crippen LogP contribution in [0.15, 0.2) is 24.5 Å². The van der Waals surface area contributed by atoms with E-state index in [-0.39, 0.29) is 25.0 Å². The van der Waals surface area contributed by atoms with Crippen LogP contribution in [-0.2, 0) is 16.6 Å². The van der Waals surface area contributed by atoms with Gasteiger partial charge in [0.2, 0.25) is 0 Å². The Morgan fingerprint density at radius 1 is 1.46 bits per heavy atom. The molecule has 0 bridgehead atoms. The van der Waals surface area contributed by atoms with Gasteiger partial charge in [0.1, 0.15) is 0 Å². The summed E-state index contributed by atoms with van der Waals surface area (Å²) in [4.78, 5) is 29.6. The van der Waals surface area contributed by atoms with Crippen LogP contribution in [-0.4, -0.2) is 57.2 Å². The van der Waals surface area contributed by atoms with Gasteiger partial charge in [-0.05, 0) is 31.0 Å². The molecule has 1 saturated heterocycles. The van der Waals surface area contributed by atoms with Crippen molar-refractivity contribution in [2.75, 3.05) is 19.7 Å². The number of carbonyl (C=O) groups is 2. The van der Waals surface area contributed by atoms with Gasteiger partial charge in [-0.25, -0.2) is 4.98 Å². The molecule has 2 aromatic rings. The largest absolute Gasteiger partial charge is 0.481 e. The number of carboxylic acid groups (broad SMARTS) is 1. The third kappa shape index (κ3) is 3.56. The molecule has 0 spiro atoms. The number of hydrogen-bond acceptors (Lipinski definition) is 4. The van der Waals surface area contributed by atoms with Gasteiger partial charge in [-0.2, -0.15) is 0 Å².